The lowest BCUT2D eigenvalue weighted by Gasteiger charge is -2.16. The van der Waals surface area contributed by atoms with E-state index in [0.717, 1.165) is 17.7 Å². The molecule has 1 heterocycles. The third-order valence-electron chi connectivity index (χ3n) is 4.62. The quantitative estimate of drug-likeness (QED) is 0.619. The fourth-order valence-electron chi connectivity index (χ4n) is 2.80. The Morgan fingerprint density at radius 2 is 1.82 bits per heavy atom. The summed E-state index contributed by atoms with van der Waals surface area (Å²) in [5, 5.41) is 0. The zero-order chi connectivity index (χ0) is 20.1. The normalized spacial score (nSPS) is 10.7. The molecular formula is C22H23FN2O3. The van der Waals surface area contributed by atoms with Crippen LogP contribution in [0.4, 0.5) is 4.39 Å². The van der Waals surface area contributed by atoms with E-state index in [1.807, 2.05) is 24.3 Å². The van der Waals surface area contributed by atoms with Crippen LogP contribution in [-0.2, 0) is 17.6 Å². The van der Waals surface area contributed by atoms with Gasteiger partial charge in [-0.3, -0.25) is 4.79 Å². The van der Waals surface area contributed by atoms with Gasteiger partial charge in [0, 0.05) is 19.2 Å². The van der Waals surface area contributed by atoms with Crippen molar-refractivity contribution in [1.29, 1.82) is 0 Å². The third kappa shape index (κ3) is 4.76. The van der Waals surface area contributed by atoms with E-state index in [-0.39, 0.29) is 18.1 Å². The molecule has 1 aromatic heterocycles. The van der Waals surface area contributed by atoms with Crippen molar-refractivity contribution < 1.29 is 18.3 Å². The maximum atomic E-state index is 13.1. The predicted octanol–water partition coefficient (Wildman–Crippen LogP) is 4.04. The second-order valence-electron chi connectivity index (χ2n) is 6.62. The number of likely N-dealkylation sites (N-methyl/N-ethyl adjacent to an activating group) is 1. The molecule has 0 saturated carbocycles. The minimum absolute atomic E-state index is 0.0319. The Kier molecular flexibility index (Phi) is 6.09. The summed E-state index contributed by atoms with van der Waals surface area (Å²) in [6, 6.07) is 13.7. The minimum atomic E-state index is -0.319. The Morgan fingerprint density at radius 3 is 2.46 bits per heavy atom. The van der Waals surface area contributed by atoms with Crippen molar-refractivity contribution in [1.82, 2.24) is 9.88 Å². The smallest absolute Gasteiger partial charge is 0.228 e. The van der Waals surface area contributed by atoms with Crippen molar-refractivity contribution in [3.8, 4) is 17.2 Å². The van der Waals surface area contributed by atoms with Gasteiger partial charge in [0.1, 0.15) is 17.3 Å². The zero-order valence-corrected chi connectivity index (χ0v) is 16.2. The van der Waals surface area contributed by atoms with Gasteiger partial charge in [0.2, 0.25) is 11.8 Å². The van der Waals surface area contributed by atoms with Crippen LogP contribution in [0.25, 0.3) is 11.5 Å². The molecule has 3 aromatic rings. The number of halogens is 1. The van der Waals surface area contributed by atoms with Crippen LogP contribution in [0.15, 0.2) is 52.9 Å². The van der Waals surface area contributed by atoms with Gasteiger partial charge >= 0.3 is 0 Å². The van der Waals surface area contributed by atoms with Gasteiger partial charge in [0.15, 0.2) is 0 Å². The van der Waals surface area contributed by atoms with Gasteiger partial charge in [-0.2, -0.15) is 0 Å². The molecule has 5 nitrogen and oxygen atoms in total. The first kappa shape index (κ1) is 19.6. The standard InChI is InChI=1S/C22H23FN2O3/c1-15-20(24-22(28-15)17-6-8-18(23)9-7-17)14-21(26)25(2)13-12-16-4-10-19(27-3)11-5-16/h4-11H,12-14H2,1-3H3. The molecule has 0 spiro atoms. The number of methoxy groups -OCH3 is 1. The van der Waals surface area contributed by atoms with Crippen LogP contribution in [0, 0.1) is 12.7 Å². The molecule has 0 atom stereocenters. The van der Waals surface area contributed by atoms with E-state index in [2.05, 4.69) is 4.98 Å². The molecule has 0 radical (unpaired) electrons. The Balaban J connectivity index is 1.59. The molecular weight excluding hydrogens is 359 g/mol. The molecule has 3 rings (SSSR count). The van der Waals surface area contributed by atoms with E-state index in [9.17, 15) is 9.18 Å². The van der Waals surface area contributed by atoms with Gasteiger partial charge < -0.3 is 14.1 Å². The van der Waals surface area contributed by atoms with Crippen molar-refractivity contribution in [3.63, 3.8) is 0 Å². The van der Waals surface area contributed by atoms with E-state index < -0.39 is 0 Å². The maximum Gasteiger partial charge on any atom is 0.228 e. The molecule has 0 aliphatic rings. The highest BCUT2D eigenvalue weighted by Crippen LogP contribution is 2.22. The number of carbonyl (C=O) groups is 1. The first-order valence-corrected chi connectivity index (χ1v) is 9.05. The van der Waals surface area contributed by atoms with Gasteiger partial charge in [-0.05, 0) is 55.3 Å². The number of amides is 1. The average molecular weight is 382 g/mol. The van der Waals surface area contributed by atoms with E-state index >= 15 is 0 Å². The number of benzene rings is 2. The van der Waals surface area contributed by atoms with E-state index in [1.54, 1.807) is 38.1 Å². The molecule has 0 saturated heterocycles. The van der Waals surface area contributed by atoms with Crippen molar-refractivity contribution in [2.24, 2.45) is 0 Å². The third-order valence-corrected chi connectivity index (χ3v) is 4.62. The molecule has 28 heavy (non-hydrogen) atoms. The van der Waals surface area contributed by atoms with Gasteiger partial charge in [-0.1, -0.05) is 12.1 Å². The number of aryl methyl sites for hydroxylation is 1. The first-order valence-electron chi connectivity index (χ1n) is 9.05. The molecule has 1 amide bonds. The Bertz CT molecular complexity index is 933. The molecule has 0 aliphatic carbocycles. The number of hydrogen-bond donors (Lipinski definition) is 0. The van der Waals surface area contributed by atoms with Crippen LogP contribution in [0.1, 0.15) is 17.0 Å². The summed E-state index contributed by atoms with van der Waals surface area (Å²) in [6.07, 6.45) is 0.917. The van der Waals surface area contributed by atoms with Crippen molar-refractivity contribution in [2.45, 2.75) is 19.8 Å². The van der Waals surface area contributed by atoms with Gasteiger partial charge in [-0.15, -0.1) is 0 Å². The van der Waals surface area contributed by atoms with Gasteiger partial charge in [-0.25, -0.2) is 9.37 Å². The van der Waals surface area contributed by atoms with Crippen molar-refractivity contribution in [3.05, 3.63) is 71.4 Å². The summed E-state index contributed by atoms with van der Waals surface area (Å²) >= 11 is 0. The summed E-state index contributed by atoms with van der Waals surface area (Å²) < 4.78 is 23.9. The zero-order valence-electron chi connectivity index (χ0n) is 16.2. The summed E-state index contributed by atoms with van der Waals surface area (Å²) in [5.41, 5.74) is 2.41. The van der Waals surface area contributed by atoms with Crippen LogP contribution in [0.3, 0.4) is 0 Å². The second-order valence-corrected chi connectivity index (χ2v) is 6.62. The molecule has 0 bridgehead atoms. The Morgan fingerprint density at radius 1 is 1.14 bits per heavy atom. The largest absolute Gasteiger partial charge is 0.497 e. The Labute approximate surface area is 163 Å². The minimum Gasteiger partial charge on any atom is -0.497 e. The summed E-state index contributed by atoms with van der Waals surface area (Å²) in [5.74, 6) is 1.44. The fourth-order valence-corrected chi connectivity index (χ4v) is 2.80. The van der Waals surface area contributed by atoms with Gasteiger partial charge in [0.05, 0.1) is 19.2 Å². The molecule has 0 fully saturated rings. The fraction of sp³-hybridized carbons (Fsp3) is 0.273. The highest BCUT2D eigenvalue weighted by atomic mass is 19.1. The topological polar surface area (TPSA) is 55.6 Å². The van der Waals surface area contributed by atoms with Crippen LogP contribution >= 0.6 is 0 Å². The first-order chi connectivity index (χ1) is 13.5. The molecule has 2 aromatic carbocycles. The van der Waals surface area contributed by atoms with E-state index in [0.29, 0.717) is 29.5 Å². The SMILES string of the molecule is COc1ccc(CCN(C)C(=O)Cc2nc(-c3ccc(F)cc3)oc2C)cc1. The van der Waals surface area contributed by atoms with Crippen LogP contribution in [-0.4, -0.2) is 36.5 Å². The monoisotopic (exact) mass is 382 g/mol. The highest BCUT2D eigenvalue weighted by molar-refractivity contribution is 5.78. The summed E-state index contributed by atoms with van der Waals surface area (Å²) in [6.45, 7) is 2.38. The number of ether oxygens (including phenoxy) is 1. The number of aromatic nitrogens is 1. The molecule has 146 valence electrons. The predicted molar refractivity (Wildman–Crippen MR) is 105 cm³/mol. The lowest BCUT2D eigenvalue weighted by Crippen LogP contribution is -2.30. The maximum absolute atomic E-state index is 13.1. The van der Waals surface area contributed by atoms with Crippen LogP contribution < -0.4 is 4.74 Å². The molecule has 6 heteroatoms. The summed E-state index contributed by atoms with van der Waals surface area (Å²) in [7, 11) is 3.41. The van der Waals surface area contributed by atoms with Crippen LogP contribution in [0.5, 0.6) is 5.75 Å². The summed E-state index contributed by atoms with van der Waals surface area (Å²) in [4.78, 5) is 18.7. The van der Waals surface area contributed by atoms with Gasteiger partial charge in [0.25, 0.3) is 0 Å². The molecule has 0 aliphatic heterocycles. The van der Waals surface area contributed by atoms with Crippen molar-refractivity contribution >= 4 is 5.91 Å². The molecule has 0 unspecified atom stereocenters. The lowest BCUT2D eigenvalue weighted by atomic mass is 10.1. The van der Waals surface area contributed by atoms with Crippen LogP contribution in [0.2, 0.25) is 0 Å². The number of carbonyl (C=O) groups excluding carboxylic acids is 1. The number of nitrogens with zero attached hydrogens (tertiary/aromatic N) is 2. The number of rotatable bonds is 7. The number of oxazole rings is 1. The number of hydrogen-bond acceptors (Lipinski definition) is 4. The Hall–Kier alpha value is -3.15. The highest BCUT2D eigenvalue weighted by Gasteiger charge is 2.17. The lowest BCUT2D eigenvalue weighted by molar-refractivity contribution is -0.129. The second kappa shape index (κ2) is 8.69. The van der Waals surface area contributed by atoms with E-state index in [1.165, 1.54) is 12.1 Å². The molecule has 0 N–H and O–H groups in total. The van der Waals surface area contributed by atoms with E-state index in [4.69, 9.17) is 9.15 Å². The van der Waals surface area contributed by atoms with Crippen molar-refractivity contribution in [2.75, 3.05) is 20.7 Å². The average Bonchev–Trinajstić information content (AvgIpc) is 3.07.